The van der Waals surface area contributed by atoms with Gasteiger partial charge in [0.2, 0.25) is 11.8 Å². The van der Waals surface area contributed by atoms with Crippen LogP contribution < -0.4 is 25.6 Å². The van der Waals surface area contributed by atoms with Gasteiger partial charge in [0.1, 0.15) is 12.4 Å². The van der Waals surface area contributed by atoms with Crippen molar-refractivity contribution in [3.8, 4) is 34.0 Å². The molecule has 3 aromatic rings. The van der Waals surface area contributed by atoms with E-state index in [-0.39, 0.29) is 18.0 Å². The first-order valence-corrected chi connectivity index (χ1v) is 14.9. The van der Waals surface area contributed by atoms with Gasteiger partial charge in [0.05, 0.1) is 40.6 Å². The van der Waals surface area contributed by atoms with Gasteiger partial charge in [-0.15, -0.1) is 0 Å². The maximum Gasteiger partial charge on any atom is 0.496 e. The highest BCUT2D eigenvalue weighted by Crippen LogP contribution is 2.44. The normalized spacial score (nSPS) is 22.2. The number of aromatic nitrogens is 1. The van der Waals surface area contributed by atoms with Crippen molar-refractivity contribution >= 4 is 41.7 Å². The van der Waals surface area contributed by atoms with E-state index >= 15 is 0 Å². The molecule has 6 rings (SSSR count). The van der Waals surface area contributed by atoms with Gasteiger partial charge in [0, 0.05) is 52.2 Å². The van der Waals surface area contributed by atoms with Crippen LogP contribution >= 0.6 is 23.2 Å². The quantitative estimate of drug-likeness (QED) is 0.350. The Labute approximate surface area is 256 Å². The number of fused-ring (bicyclic) bond motifs is 1. The largest absolute Gasteiger partial charge is 0.496 e. The molecule has 42 heavy (non-hydrogen) atoms. The molecule has 0 spiro atoms. The van der Waals surface area contributed by atoms with Crippen LogP contribution in [0.3, 0.4) is 0 Å². The number of nitrogens with one attached hydrogen (secondary N) is 2. The number of methoxy groups -OCH3 is 1. The molecule has 1 aromatic heterocycles. The summed E-state index contributed by atoms with van der Waals surface area (Å²) in [6, 6.07) is 13.5. The van der Waals surface area contributed by atoms with Crippen molar-refractivity contribution in [3.63, 3.8) is 0 Å². The molecule has 3 aliphatic heterocycles. The fourth-order valence-electron chi connectivity index (χ4n) is 5.62. The zero-order valence-corrected chi connectivity index (χ0v) is 25.9. The second-order valence-corrected chi connectivity index (χ2v) is 12.7. The van der Waals surface area contributed by atoms with Crippen molar-refractivity contribution in [2.24, 2.45) is 0 Å². The lowest BCUT2D eigenvalue weighted by Gasteiger charge is -2.32. The molecule has 2 N–H and O–H groups in total. The van der Waals surface area contributed by atoms with E-state index < -0.39 is 18.3 Å². The van der Waals surface area contributed by atoms with Gasteiger partial charge in [-0.25, -0.2) is 4.98 Å². The maximum atomic E-state index is 11.6. The van der Waals surface area contributed by atoms with Gasteiger partial charge in [-0.3, -0.25) is 4.79 Å². The van der Waals surface area contributed by atoms with E-state index in [0.29, 0.717) is 46.9 Å². The number of carbonyl (C=O) groups is 1. The average molecular weight is 610 g/mol. The number of ether oxygens (including phenoxy) is 2. The molecule has 8 nitrogen and oxygen atoms in total. The van der Waals surface area contributed by atoms with E-state index in [2.05, 4.69) is 10.6 Å². The summed E-state index contributed by atoms with van der Waals surface area (Å²) in [6.07, 6.45) is 1.38. The molecule has 0 aliphatic carbocycles. The van der Waals surface area contributed by atoms with Crippen molar-refractivity contribution in [1.29, 1.82) is 0 Å². The van der Waals surface area contributed by atoms with Gasteiger partial charge in [0.15, 0.2) is 0 Å². The Kier molecular flexibility index (Phi) is 7.69. The molecule has 4 heterocycles. The van der Waals surface area contributed by atoms with Crippen molar-refractivity contribution in [2.45, 2.75) is 63.8 Å². The molecule has 1 amide bonds. The van der Waals surface area contributed by atoms with Crippen LogP contribution in [0, 0.1) is 0 Å². The Balaban J connectivity index is 1.31. The average Bonchev–Trinajstić information content (AvgIpc) is 3.62. The predicted molar refractivity (Wildman–Crippen MR) is 165 cm³/mol. The zero-order valence-electron chi connectivity index (χ0n) is 24.3. The minimum atomic E-state index is -0.601. The molecule has 0 unspecified atom stereocenters. The van der Waals surface area contributed by atoms with E-state index in [4.69, 9.17) is 47.0 Å². The van der Waals surface area contributed by atoms with Crippen LogP contribution in [0.1, 0.15) is 52.1 Å². The van der Waals surface area contributed by atoms with Crippen LogP contribution in [-0.4, -0.2) is 55.5 Å². The van der Waals surface area contributed by atoms with Crippen molar-refractivity contribution in [1.82, 2.24) is 15.6 Å². The van der Waals surface area contributed by atoms with Crippen LogP contribution in [0.4, 0.5) is 0 Å². The number of halogens is 2. The molecule has 0 bridgehead atoms. The molecular formula is C31H34BCl2N3O5. The molecule has 11 heteroatoms. The lowest BCUT2D eigenvalue weighted by molar-refractivity contribution is -0.119. The Morgan fingerprint density at radius 1 is 1.05 bits per heavy atom. The molecular weight excluding hydrogens is 576 g/mol. The number of hydrogen-bond acceptors (Lipinski definition) is 7. The summed E-state index contributed by atoms with van der Waals surface area (Å²) in [7, 11) is 0.994. The van der Waals surface area contributed by atoms with E-state index in [0.717, 1.165) is 34.1 Å². The van der Waals surface area contributed by atoms with Crippen LogP contribution in [-0.2, 0) is 14.1 Å². The third-order valence-corrected chi connectivity index (χ3v) is 9.56. The fraction of sp³-hybridized carbons (Fsp3) is 0.419. The number of rotatable bonds is 7. The maximum absolute atomic E-state index is 11.6. The zero-order chi connectivity index (χ0) is 29.8. The molecule has 0 saturated carbocycles. The van der Waals surface area contributed by atoms with Crippen LogP contribution in [0.5, 0.6) is 11.6 Å². The minimum Gasteiger partial charge on any atom is -0.491 e. The smallest absolute Gasteiger partial charge is 0.491 e. The summed E-state index contributed by atoms with van der Waals surface area (Å²) in [4.78, 5) is 16.4. The van der Waals surface area contributed by atoms with Gasteiger partial charge in [-0.05, 0) is 34.1 Å². The summed E-state index contributed by atoms with van der Waals surface area (Å²) in [5.74, 6) is 1.25. The standard InChI is InChI=1S/C31H34BCl2N3O5/c1-30(2)31(3,4)42-32(41-30)21-11-7-9-19(28(21)34)18-8-6-10-20(27(18)33)22-14-24-26(29(37-22)39-5)23(16-40-24)35-15-17-12-13-25(38)36-17/h6-11,14,17,23,35H,12-13,15-16H2,1-5H3,(H,36,38)/t17-,23-/m0/s1. The molecule has 2 atom stereocenters. The van der Waals surface area contributed by atoms with Crippen LogP contribution in [0.2, 0.25) is 10.0 Å². The second-order valence-electron chi connectivity index (χ2n) is 12.0. The highest BCUT2D eigenvalue weighted by Gasteiger charge is 2.52. The topological polar surface area (TPSA) is 90.9 Å². The Hall–Kier alpha value is -2.82. The van der Waals surface area contributed by atoms with Crippen molar-refractivity contribution < 1.29 is 23.6 Å². The monoisotopic (exact) mass is 609 g/mol. The third kappa shape index (κ3) is 5.15. The number of nitrogens with zero attached hydrogens (tertiary/aromatic N) is 1. The highest BCUT2D eigenvalue weighted by atomic mass is 35.5. The summed E-state index contributed by atoms with van der Waals surface area (Å²) in [5.41, 5.74) is 3.50. The predicted octanol–water partition coefficient (Wildman–Crippen LogP) is 5.33. The van der Waals surface area contributed by atoms with Gasteiger partial charge < -0.3 is 29.4 Å². The van der Waals surface area contributed by atoms with E-state index in [9.17, 15) is 4.79 Å². The molecule has 3 aliphatic rings. The van der Waals surface area contributed by atoms with E-state index in [1.165, 1.54) is 0 Å². The molecule has 0 radical (unpaired) electrons. The van der Waals surface area contributed by atoms with Crippen LogP contribution in [0.15, 0.2) is 42.5 Å². The first-order valence-electron chi connectivity index (χ1n) is 14.2. The number of pyridine rings is 1. The summed E-state index contributed by atoms with van der Waals surface area (Å²) in [6.45, 7) is 9.14. The van der Waals surface area contributed by atoms with E-state index in [1.807, 2.05) is 70.2 Å². The first-order chi connectivity index (χ1) is 20.0. The van der Waals surface area contributed by atoms with Crippen LogP contribution in [0.25, 0.3) is 22.4 Å². The molecule has 2 aromatic carbocycles. The lowest BCUT2D eigenvalue weighted by atomic mass is 9.77. The lowest BCUT2D eigenvalue weighted by Crippen LogP contribution is -2.41. The summed E-state index contributed by atoms with van der Waals surface area (Å²) in [5, 5.41) is 7.51. The van der Waals surface area contributed by atoms with Gasteiger partial charge >= 0.3 is 7.12 Å². The third-order valence-electron chi connectivity index (χ3n) is 8.73. The van der Waals surface area contributed by atoms with Gasteiger partial charge in [0.25, 0.3) is 0 Å². The van der Waals surface area contributed by atoms with Crippen molar-refractivity contribution in [3.05, 3.63) is 58.1 Å². The Morgan fingerprint density at radius 2 is 1.71 bits per heavy atom. The molecule has 2 saturated heterocycles. The first kappa shape index (κ1) is 29.3. The summed E-state index contributed by atoms with van der Waals surface area (Å²) >= 11 is 14.1. The number of amides is 1. The number of hydrogen-bond donors (Lipinski definition) is 2. The Morgan fingerprint density at radius 3 is 2.38 bits per heavy atom. The van der Waals surface area contributed by atoms with Gasteiger partial charge in [-0.2, -0.15) is 0 Å². The van der Waals surface area contributed by atoms with Crippen molar-refractivity contribution in [2.75, 3.05) is 20.3 Å². The number of benzene rings is 2. The summed E-state index contributed by atoms with van der Waals surface area (Å²) < 4.78 is 24.3. The van der Waals surface area contributed by atoms with Gasteiger partial charge in [-0.1, -0.05) is 59.6 Å². The SMILES string of the molecule is COc1nc(-c2cccc(-c3cccc(B4OC(C)(C)C(C)(C)O4)c3Cl)c2Cl)cc2c1[C@@H](NC[C@@H]1CCC(=O)N1)CO2. The Bertz CT molecular complexity index is 1530. The minimum absolute atomic E-state index is 0.0917. The highest BCUT2D eigenvalue weighted by molar-refractivity contribution is 6.66. The number of carbonyl (C=O) groups excluding carboxylic acids is 1. The molecule has 220 valence electrons. The van der Waals surface area contributed by atoms with E-state index in [1.54, 1.807) is 7.11 Å². The molecule has 2 fully saturated rings. The fourth-order valence-corrected chi connectivity index (χ4v) is 6.26. The second kappa shape index (κ2) is 11.0.